The Morgan fingerprint density at radius 3 is 2.75 bits per heavy atom. The van der Waals surface area contributed by atoms with Crippen LogP contribution in [0.4, 0.5) is 4.39 Å². The van der Waals surface area contributed by atoms with E-state index in [0.717, 1.165) is 48.0 Å². The maximum atomic E-state index is 14.0. The quantitative estimate of drug-likeness (QED) is 0.878. The highest BCUT2D eigenvalue weighted by Crippen LogP contribution is 2.25. The largest absolute Gasteiger partial charge is 0.317 e. The molecule has 0 atom stereocenters. The highest BCUT2D eigenvalue weighted by Gasteiger charge is 2.16. The van der Waals surface area contributed by atoms with Crippen LogP contribution in [0, 0.1) is 18.7 Å². The minimum absolute atomic E-state index is 0.0343. The van der Waals surface area contributed by atoms with Crippen molar-refractivity contribution in [2.75, 3.05) is 13.1 Å². The topological polar surface area (TPSA) is 12.0 Å². The molecule has 1 saturated heterocycles. The Bertz CT molecular complexity index is 372. The van der Waals surface area contributed by atoms with E-state index in [1.54, 1.807) is 0 Å². The van der Waals surface area contributed by atoms with E-state index >= 15 is 0 Å². The van der Waals surface area contributed by atoms with E-state index in [-0.39, 0.29) is 5.82 Å². The second kappa shape index (κ2) is 5.28. The Hall–Kier alpha value is -0.410. The van der Waals surface area contributed by atoms with Crippen molar-refractivity contribution in [3.63, 3.8) is 0 Å². The maximum absolute atomic E-state index is 14.0. The Balaban J connectivity index is 2.11. The fourth-order valence-electron chi connectivity index (χ4n) is 2.27. The standard InChI is InChI=1S/C13H17BrFN/c1-9-12(14)3-2-11(13(9)15)8-10-4-6-16-7-5-10/h2-3,10,16H,4-8H2,1H3. The van der Waals surface area contributed by atoms with Crippen LogP contribution in [0.15, 0.2) is 16.6 Å². The third kappa shape index (κ3) is 2.64. The van der Waals surface area contributed by atoms with Crippen LogP contribution in [0.3, 0.4) is 0 Å². The lowest BCUT2D eigenvalue weighted by Gasteiger charge is -2.23. The molecule has 0 aliphatic carbocycles. The Morgan fingerprint density at radius 1 is 1.38 bits per heavy atom. The van der Waals surface area contributed by atoms with Crippen molar-refractivity contribution >= 4 is 15.9 Å². The van der Waals surface area contributed by atoms with E-state index < -0.39 is 0 Å². The van der Waals surface area contributed by atoms with Crippen molar-refractivity contribution in [2.45, 2.75) is 26.2 Å². The summed E-state index contributed by atoms with van der Waals surface area (Å²) in [7, 11) is 0. The maximum Gasteiger partial charge on any atom is 0.130 e. The molecule has 0 radical (unpaired) electrons. The van der Waals surface area contributed by atoms with E-state index in [2.05, 4.69) is 21.2 Å². The summed E-state index contributed by atoms with van der Waals surface area (Å²) in [5.74, 6) is 0.601. The molecule has 1 aromatic rings. The van der Waals surface area contributed by atoms with Crippen molar-refractivity contribution in [3.8, 4) is 0 Å². The molecule has 3 heteroatoms. The van der Waals surface area contributed by atoms with E-state index in [9.17, 15) is 4.39 Å². The van der Waals surface area contributed by atoms with Crippen molar-refractivity contribution in [1.82, 2.24) is 5.32 Å². The molecule has 2 rings (SSSR count). The van der Waals surface area contributed by atoms with Crippen molar-refractivity contribution in [2.24, 2.45) is 5.92 Å². The summed E-state index contributed by atoms with van der Waals surface area (Å²) in [6.45, 7) is 3.97. The van der Waals surface area contributed by atoms with Gasteiger partial charge in [-0.25, -0.2) is 4.39 Å². The Morgan fingerprint density at radius 2 is 2.06 bits per heavy atom. The molecule has 0 spiro atoms. The lowest BCUT2D eigenvalue weighted by atomic mass is 9.90. The second-order valence-corrected chi connectivity index (χ2v) is 5.40. The number of piperidine rings is 1. The van der Waals surface area contributed by atoms with Crippen molar-refractivity contribution in [3.05, 3.63) is 33.5 Å². The van der Waals surface area contributed by atoms with Crippen LogP contribution in [-0.2, 0) is 6.42 Å². The molecule has 0 amide bonds. The number of halogens is 2. The fraction of sp³-hybridized carbons (Fsp3) is 0.538. The molecule has 1 aliphatic rings. The average molecular weight is 286 g/mol. The van der Waals surface area contributed by atoms with Crippen LogP contribution in [0.5, 0.6) is 0 Å². The van der Waals surface area contributed by atoms with Gasteiger partial charge in [0.05, 0.1) is 0 Å². The van der Waals surface area contributed by atoms with Gasteiger partial charge in [0.2, 0.25) is 0 Å². The summed E-state index contributed by atoms with van der Waals surface area (Å²) in [4.78, 5) is 0. The Labute approximate surface area is 105 Å². The fourth-order valence-corrected chi connectivity index (χ4v) is 2.58. The first-order chi connectivity index (χ1) is 7.68. The van der Waals surface area contributed by atoms with Crippen molar-refractivity contribution in [1.29, 1.82) is 0 Å². The van der Waals surface area contributed by atoms with E-state index in [1.165, 1.54) is 0 Å². The monoisotopic (exact) mass is 285 g/mol. The van der Waals surface area contributed by atoms with Crippen LogP contribution in [0.2, 0.25) is 0 Å². The Kier molecular flexibility index (Phi) is 3.98. The molecule has 0 unspecified atom stereocenters. The smallest absolute Gasteiger partial charge is 0.130 e. The molecule has 1 aliphatic heterocycles. The third-order valence-corrected chi connectivity index (χ3v) is 4.23. The van der Waals surface area contributed by atoms with Crippen LogP contribution >= 0.6 is 15.9 Å². The van der Waals surface area contributed by atoms with Gasteiger partial charge in [0.25, 0.3) is 0 Å². The summed E-state index contributed by atoms with van der Waals surface area (Å²) in [6, 6.07) is 3.86. The van der Waals surface area contributed by atoms with Gasteiger partial charge in [-0.05, 0) is 62.4 Å². The van der Waals surface area contributed by atoms with Gasteiger partial charge in [-0.3, -0.25) is 0 Å². The van der Waals surface area contributed by atoms with Gasteiger partial charge in [-0.1, -0.05) is 22.0 Å². The van der Waals surface area contributed by atoms with Gasteiger partial charge >= 0.3 is 0 Å². The molecule has 1 N–H and O–H groups in total. The lowest BCUT2D eigenvalue weighted by Crippen LogP contribution is -2.28. The van der Waals surface area contributed by atoms with Crippen LogP contribution < -0.4 is 5.32 Å². The molecule has 1 fully saturated rings. The molecule has 16 heavy (non-hydrogen) atoms. The molecule has 1 aromatic carbocycles. The lowest BCUT2D eigenvalue weighted by molar-refractivity contribution is 0.368. The molecule has 88 valence electrons. The van der Waals surface area contributed by atoms with Gasteiger partial charge in [-0.2, -0.15) is 0 Å². The van der Waals surface area contributed by atoms with Crippen molar-refractivity contribution < 1.29 is 4.39 Å². The predicted molar refractivity (Wildman–Crippen MR) is 68.1 cm³/mol. The number of nitrogens with one attached hydrogen (secondary N) is 1. The first kappa shape index (κ1) is 12.1. The summed E-state index contributed by atoms with van der Waals surface area (Å²) >= 11 is 3.36. The highest BCUT2D eigenvalue weighted by atomic mass is 79.9. The second-order valence-electron chi connectivity index (χ2n) is 4.54. The van der Waals surface area contributed by atoms with Gasteiger partial charge in [0.1, 0.15) is 5.82 Å². The summed E-state index contributed by atoms with van der Waals surface area (Å²) in [5, 5.41) is 3.33. The highest BCUT2D eigenvalue weighted by molar-refractivity contribution is 9.10. The summed E-state index contributed by atoms with van der Waals surface area (Å²) < 4.78 is 14.8. The molecule has 0 saturated carbocycles. The number of rotatable bonds is 2. The first-order valence-corrected chi connectivity index (χ1v) is 6.62. The average Bonchev–Trinajstić information content (AvgIpc) is 2.31. The van der Waals surface area contributed by atoms with Crippen LogP contribution in [0.1, 0.15) is 24.0 Å². The van der Waals surface area contributed by atoms with Gasteiger partial charge in [0, 0.05) is 4.47 Å². The van der Waals surface area contributed by atoms with Gasteiger partial charge < -0.3 is 5.32 Å². The van der Waals surface area contributed by atoms with E-state index in [0.29, 0.717) is 5.92 Å². The number of benzene rings is 1. The van der Waals surface area contributed by atoms with Gasteiger partial charge in [-0.15, -0.1) is 0 Å². The molecule has 1 heterocycles. The zero-order valence-corrected chi connectivity index (χ0v) is 11.1. The van der Waals surface area contributed by atoms with E-state index in [4.69, 9.17) is 0 Å². The molecular weight excluding hydrogens is 269 g/mol. The minimum atomic E-state index is -0.0343. The molecule has 1 nitrogen and oxygen atoms in total. The zero-order chi connectivity index (χ0) is 11.5. The van der Waals surface area contributed by atoms with Crippen LogP contribution in [0.25, 0.3) is 0 Å². The summed E-state index contributed by atoms with van der Waals surface area (Å²) in [6.07, 6.45) is 3.20. The molecule has 0 bridgehead atoms. The van der Waals surface area contributed by atoms with Gasteiger partial charge in [0.15, 0.2) is 0 Å². The summed E-state index contributed by atoms with van der Waals surface area (Å²) in [5.41, 5.74) is 1.60. The third-order valence-electron chi connectivity index (χ3n) is 3.37. The minimum Gasteiger partial charge on any atom is -0.317 e. The SMILES string of the molecule is Cc1c(Br)ccc(CC2CCNCC2)c1F. The first-order valence-electron chi connectivity index (χ1n) is 5.82. The number of hydrogen-bond donors (Lipinski definition) is 1. The normalized spacial score (nSPS) is 17.7. The van der Waals surface area contributed by atoms with Crippen LogP contribution in [-0.4, -0.2) is 13.1 Å². The van der Waals surface area contributed by atoms with E-state index in [1.807, 2.05) is 19.1 Å². The molecule has 0 aromatic heterocycles. The molecular formula is C13H17BrFN. The number of hydrogen-bond acceptors (Lipinski definition) is 1. The zero-order valence-electron chi connectivity index (χ0n) is 9.52. The predicted octanol–water partition coefficient (Wildman–Crippen LogP) is 3.44.